The number of benzene rings is 2. The molecule has 0 aliphatic carbocycles. The van der Waals surface area contributed by atoms with Gasteiger partial charge < -0.3 is 18.9 Å². The molecule has 6 nitrogen and oxygen atoms in total. The summed E-state index contributed by atoms with van der Waals surface area (Å²) in [5.41, 5.74) is 3.00. The standard InChI is InChI=1S/C21H16N2O4S/c1-24-17-5-3-13(8-19(17)25-2)7-15(10-22)21-23-16(11-28-21)14-4-6-18-20(9-14)27-12-26-18/h3-9,11H,12H2,1-2H3. The lowest BCUT2D eigenvalue weighted by molar-refractivity contribution is 0.174. The highest BCUT2D eigenvalue weighted by Gasteiger charge is 2.16. The number of hydrogen-bond acceptors (Lipinski definition) is 7. The van der Waals surface area contributed by atoms with Crippen molar-refractivity contribution in [2.75, 3.05) is 21.0 Å². The van der Waals surface area contributed by atoms with Crippen LogP contribution in [0.15, 0.2) is 41.8 Å². The molecule has 1 aliphatic heterocycles. The Labute approximate surface area is 166 Å². The maximum Gasteiger partial charge on any atom is 0.231 e. The van der Waals surface area contributed by atoms with E-state index in [1.807, 2.05) is 35.7 Å². The molecule has 3 aromatic rings. The SMILES string of the molecule is COc1ccc(C=C(C#N)c2nc(-c3ccc4c(c3)OCO4)cs2)cc1OC. The van der Waals surface area contributed by atoms with Gasteiger partial charge in [-0.15, -0.1) is 11.3 Å². The summed E-state index contributed by atoms with van der Waals surface area (Å²) in [6.07, 6.45) is 1.78. The molecule has 0 radical (unpaired) electrons. The highest BCUT2D eigenvalue weighted by Crippen LogP contribution is 2.37. The van der Waals surface area contributed by atoms with Crippen molar-refractivity contribution in [1.29, 1.82) is 5.26 Å². The maximum atomic E-state index is 9.63. The Morgan fingerprint density at radius 1 is 1.11 bits per heavy atom. The Bertz CT molecular complexity index is 1100. The average molecular weight is 392 g/mol. The van der Waals surface area contributed by atoms with E-state index in [1.165, 1.54) is 11.3 Å². The van der Waals surface area contributed by atoms with Crippen molar-refractivity contribution in [3.63, 3.8) is 0 Å². The van der Waals surface area contributed by atoms with E-state index >= 15 is 0 Å². The van der Waals surface area contributed by atoms with E-state index in [0.29, 0.717) is 27.8 Å². The van der Waals surface area contributed by atoms with Crippen LogP contribution in [0.5, 0.6) is 23.0 Å². The van der Waals surface area contributed by atoms with E-state index in [1.54, 1.807) is 26.4 Å². The van der Waals surface area contributed by atoms with Crippen LogP contribution < -0.4 is 18.9 Å². The Balaban J connectivity index is 1.65. The van der Waals surface area contributed by atoms with E-state index in [-0.39, 0.29) is 6.79 Å². The lowest BCUT2D eigenvalue weighted by Crippen LogP contribution is -1.92. The minimum atomic E-state index is 0.230. The highest BCUT2D eigenvalue weighted by molar-refractivity contribution is 7.11. The van der Waals surface area contributed by atoms with E-state index in [9.17, 15) is 5.26 Å². The van der Waals surface area contributed by atoms with Crippen LogP contribution in [0.4, 0.5) is 0 Å². The van der Waals surface area contributed by atoms with Crippen LogP contribution in [0, 0.1) is 11.3 Å². The normalized spacial score (nSPS) is 12.5. The average Bonchev–Trinajstić information content (AvgIpc) is 3.40. The number of fused-ring (bicyclic) bond motifs is 1. The topological polar surface area (TPSA) is 73.6 Å². The van der Waals surface area contributed by atoms with Crippen molar-refractivity contribution in [2.24, 2.45) is 0 Å². The van der Waals surface area contributed by atoms with E-state index < -0.39 is 0 Å². The molecule has 0 saturated heterocycles. The summed E-state index contributed by atoms with van der Waals surface area (Å²) in [5, 5.41) is 12.2. The van der Waals surface area contributed by atoms with Gasteiger partial charge in [0.05, 0.1) is 25.5 Å². The second-order valence-corrected chi connectivity index (χ2v) is 6.75. The van der Waals surface area contributed by atoms with Gasteiger partial charge in [0.2, 0.25) is 6.79 Å². The number of ether oxygens (including phenoxy) is 4. The van der Waals surface area contributed by atoms with Gasteiger partial charge in [0, 0.05) is 10.9 Å². The van der Waals surface area contributed by atoms with Gasteiger partial charge in [0.25, 0.3) is 0 Å². The third kappa shape index (κ3) is 3.38. The molecule has 2 heterocycles. The van der Waals surface area contributed by atoms with Gasteiger partial charge in [-0.1, -0.05) is 6.07 Å². The Morgan fingerprint density at radius 3 is 2.71 bits per heavy atom. The van der Waals surface area contributed by atoms with E-state index in [2.05, 4.69) is 11.1 Å². The molecule has 140 valence electrons. The molecular weight excluding hydrogens is 376 g/mol. The molecule has 2 aromatic carbocycles. The molecular formula is C21H16N2O4S. The summed E-state index contributed by atoms with van der Waals surface area (Å²) < 4.78 is 21.3. The predicted octanol–water partition coefficient (Wildman–Crippen LogP) is 4.62. The summed E-state index contributed by atoms with van der Waals surface area (Å²) in [6.45, 7) is 0.230. The van der Waals surface area contributed by atoms with Crippen LogP contribution in [0.2, 0.25) is 0 Å². The first kappa shape index (κ1) is 17.9. The molecule has 1 aromatic heterocycles. The smallest absolute Gasteiger partial charge is 0.231 e. The van der Waals surface area contributed by atoms with Gasteiger partial charge in [-0.3, -0.25) is 0 Å². The number of nitriles is 1. The molecule has 0 bridgehead atoms. The highest BCUT2D eigenvalue weighted by atomic mass is 32.1. The zero-order chi connectivity index (χ0) is 19.5. The van der Waals surface area contributed by atoms with Gasteiger partial charge >= 0.3 is 0 Å². The van der Waals surface area contributed by atoms with Crippen LogP contribution in [0.25, 0.3) is 22.9 Å². The first-order valence-corrected chi connectivity index (χ1v) is 9.29. The molecule has 4 rings (SSSR count). The summed E-state index contributed by atoms with van der Waals surface area (Å²) in [7, 11) is 3.16. The molecule has 0 atom stereocenters. The molecule has 0 spiro atoms. The lowest BCUT2D eigenvalue weighted by Gasteiger charge is -2.07. The summed E-state index contributed by atoms with van der Waals surface area (Å²) in [5.74, 6) is 2.67. The van der Waals surface area contributed by atoms with Crippen molar-refractivity contribution < 1.29 is 18.9 Å². The number of hydrogen-bond donors (Lipinski definition) is 0. The zero-order valence-electron chi connectivity index (χ0n) is 15.3. The van der Waals surface area contributed by atoms with Crippen molar-refractivity contribution in [2.45, 2.75) is 0 Å². The molecule has 0 N–H and O–H groups in total. The predicted molar refractivity (Wildman–Crippen MR) is 107 cm³/mol. The number of rotatable bonds is 5. The first-order chi connectivity index (χ1) is 13.7. The van der Waals surface area contributed by atoms with Gasteiger partial charge in [-0.05, 0) is 42.0 Å². The Morgan fingerprint density at radius 2 is 1.93 bits per heavy atom. The second kappa shape index (κ2) is 7.62. The van der Waals surface area contributed by atoms with Crippen LogP contribution >= 0.6 is 11.3 Å². The van der Waals surface area contributed by atoms with Crippen LogP contribution in [0.3, 0.4) is 0 Å². The zero-order valence-corrected chi connectivity index (χ0v) is 16.1. The fourth-order valence-electron chi connectivity index (χ4n) is 2.84. The van der Waals surface area contributed by atoms with Gasteiger partial charge in [0.15, 0.2) is 23.0 Å². The number of nitrogens with zero attached hydrogens (tertiary/aromatic N) is 2. The molecule has 0 saturated carbocycles. The van der Waals surface area contributed by atoms with Crippen molar-refractivity contribution >= 4 is 23.0 Å². The monoisotopic (exact) mass is 392 g/mol. The minimum absolute atomic E-state index is 0.230. The van der Waals surface area contributed by atoms with E-state index in [4.69, 9.17) is 18.9 Å². The fraction of sp³-hybridized carbons (Fsp3) is 0.143. The Kier molecular flexibility index (Phi) is 4.87. The van der Waals surface area contributed by atoms with Crippen LogP contribution in [-0.2, 0) is 0 Å². The summed E-state index contributed by atoms with van der Waals surface area (Å²) in [6, 6.07) is 13.4. The van der Waals surface area contributed by atoms with Crippen LogP contribution in [0.1, 0.15) is 10.6 Å². The number of methoxy groups -OCH3 is 2. The second-order valence-electron chi connectivity index (χ2n) is 5.89. The van der Waals surface area contributed by atoms with E-state index in [0.717, 1.165) is 22.6 Å². The fourth-order valence-corrected chi connectivity index (χ4v) is 3.63. The largest absolute Gasteiger partial charge is 0.493 e. The quantitative estimate of drug-likeness (QED) is 0.590. The third-order valence-electron chi connectivity index (χ3n) is 4.24. The molecule has 28 heavy (non-hydrogen) atoms. The van der Waals surface area contributed by atoms with Gasteiger partial charge in [0.1, 0.15) is 11.1 Å². The van der Waals surface area contributed by atoms with Crippen LogP contribution in [-0.4, -0.2) is 26.0 Å². The van der Waals surface area contributed by atoms with Gasteiger partial charge in [-0.25, -0.2) is 4.98 Å². The summed E-state index contributed by atoms with van der Waals surface area (Å²) >= 11 is 1.42. The number of thiazole rings is 1. The van der Waals surface area contributed by atoms with Crippen molar-refractivity contribution in [3.8, 4) is 40.3 Å². The number of aromatic nitrogens is 1. The Hall–Kier alpha value is -3.50. The molecule has 1 aliphatic rings. The molecule has 0 fully saturated rings. The molecule has 0 amide bonds. The lowest BCUT2D eigenvalue weighted by atomic mass is 10.1. The molecule has 0 unspecified atom stereocenters. The van der Waals surface area contributed by atoms with Crippen molar-refractivity contribution in [1.82, 2.24) is 4.98 Å². The molecule has 7 heteroatoms. The summed E-state index contributed by atoms with van der Waals surface area (Å²) in [4.78, 5) is 4.63. The minimum Gasteiger partial charge on any atom is -0.493 e. The third-order valence-corrected chi connectivity index (χ3v) is 5.12. The van der Waals surface area contributed by atoms with Gasteiger partial charge in [-0.2, -0.15) is 5.26 Å². The number of allylic oxidation sites excluding steroid dienone is 1. The maximum absolute atomic E-state index is 9.63. The van der Waals surface area contributed by atoms with Crippen molar-refractivity contribution in [3.05, 3.63) is 52.3 Å². The first-order valence-electron chi connectivity index (χ1n) is 8.41.